The predicted octanol–water partition coefficient (Wildman–Crippen LogP) is -11.8. The van der Waals surface area contributed by atoms with Crippen molar-refractivity contribution in [3.8, 4) is 5.75 Å². The summed E-state index contributed by atoms with van der Waals surface area (Å²) >= 11 is 5.72. The molecule has 3 nitrogen and oxygen atoms in total. The molecule has 23 heavy (non-hydrogen) atoms. The molecule has 1 aliphatic rings. The Morgan fingerprint density at radius 2 is 1.65 bits per heavy atom. The molecule has 0 aromatic heterocycles. The van der Waals surface area contributed by atoms with Gasteiger partial charge in [0, 0.05) is 5.56 Å². The smallest absolute Gasteiger partial charge is 0.430 e. The molecule has 136 valence electrons. The van der Waals surface area contributed by atoms with Crippen molar-refractivity contribution in [2.75, 3.05) is 0 Å². The number of carbonyl (C=O) groups is 1. The molecule has 0 bridgehead atoms. The van der Waals surface area contributed by atoms with Crippen LogP contribution >= 0.6 is 11.6 Å². The fraction of sp³-hybridized carbons (Fsp3) is 0.182. The molecular weight excluding hydrogens is 368 g/mol. The standard InChI is InChI=1S/C11H6ClF3O3.5FH/c12-7-3-1-2-5-4-6(10(16)17)9(11(13,14)15)18-8(5)7;;;;;/h1-4,9H,(H,16,17);5*1H/p-5. The van der Waals surface area contributed by atoms with Crippen LogP contribution in [0.25, 0.3) is 6.08 Å². The maximum atomic E-state index is 12.7. The van der Waals surface area contributed by atoms with Crippen molar-refractivity contribution in [1.29, 1.82) is 0 Å². The summed E-state index contributed by atoms with van der Waals surface area (Å²) in [4.78, 5) is 10.8. The van der Waals surface area contributed by atoms with E-state index in [0.29, 0.717) is 0 Å². The Morgan fingerprint density at radius 1 is 1.13 bits per heavy atom. The minimum atomic E-state index is -4.82. The molecule has 2 rings (SSSR count). The first kappa shape index (κ1) is 29.0. The Hall–Kier alpha value is -2.04. The van der Waals surface area contributed by atoms with Crippen molar-refractivity contribution in [3.05, 3.63) is 34.4 Å². The molecule has 1 N–H and O–H groups in total. The molecule has 0 amide bonds. The molecule has 1 heterocycles. The largest absolute Gasteiger partial charge is 1.00 e. The number of rotatable bonds is 1. The summed E-state index contributed by atoms with van der Waals surface area (Å²) in [7, 11) is 0. The average Bonchev–Trinajstić information content (AvgIpc) is 2.26. The van der Waals surface area contributed by atoms with Crippen LogP contribution in [0, 0.1) is 0 Å². The second kappa shape index (κ2) is 9.87. The van der Waals surface area contributed by atoms with Gasteiger partial charge in [-0.05, 0) is 12.1 Å². The molecule has 1 aromatic rings. The molecule has 0 fully saturated rings. The number of hydrogen-bond donors (Lipinski definition) is 1. The highest BCUT2D eigenvalue weighted by molar-refractivity contribution is 6.32. The second-order valence-corrected chi connectivity index (χ2v) is 4.01. The van der Waals surface area contributed by atoms with Crippen molar-refractivity contribution in [3.63, 3.8) is 0 Å². The molecule has 0 spiro atoms. The lowest BCUT2D eigenvalue weighted by Crippen LogP contribution is -3.00. The molecule has 1 aliphatic heterocycles. The van der Waals surface area contributed by atoms with Crippen LogP contribution in [0.5, 0.6) is 5.75 Å². The number of alkyl halides is 3. The third-order valence-electron chi connectivity index (χ3n) is 2.37. The van der Waals surface area contributed by atoms with E-state index in [4.69, 9.17) is 21.4 Å². The van der Waals surface area contributed by atoms with Crippen molar-refractivity contribution < 1.29 is 51.3 Å². The number of halogens is 9. The molecule has 0 aliphatic carbocycles. The van der Waals surface area contributed by atoms with E-state index in [9.17, 15) is 18.0 Å². The Bertz CT molecular complexity index is 547. The number of benzene rings is 1. The highest BCUT2D eigenvalue weighted by Crippen LogP contribution is 2.40. The van der Waals surface area contributed by atoms with Crippen LogP contribution in [-0.2, 0) is 4.79 Å². The van der Waals surface area contributed by atoms with Crippen molar-refractivity contribution >= 4 is 23.6 Å². The van der Waals surface area contributed by atoms with Crippen LogP contribution in [0.1, 0.15) is 5.56 Å². The Morgan fingerprint density at radius 3 is 2.09 bits per heavy atom. The molecule has 1 atom stereocenters. The Labute approximate surface area is 128 Å². The van der Waals surface area contributed by atoms with E-state index < -0.39 is 23.8 Å². The van der Waals surface area contributed by atoms with Gasteiger partial charge in [0.05, 0.1) is 10.6 Å². The Kier molecular flexibility index (Phi) is 12.5. The summed E-state index contributed by atoms with van der Waals surface area (Å²) in [6.07, 6.45) is -6.41. The van der Waals surface area contributed by atoms with Gasteiger partial charge in [-0.15, -0.1) is 0 Å². The van der Waals surface area contributed by atoms with Crippen molar-refractivity contribution in [1.82, 2.24) is 0 Å². The van der Waals surface area contributed by atoms with Gasteiger partial charge < -0.3 is 33.4 Å². The van der Waals surface area contributed by atoms with Gasteiger partial charge in [0.25, 0.3) is 0 Å². The summed E-state index contributed by atoms with van der Waals surface area (Å²) in [6.45, 7) is 0. The number of ether oxygens (including phenoxy) is 1. The molecule has 0 saturated carbocycles. The van der Waals surface area contributed by atoms with Gasteiger partial charge in [0.2, 0.25) is 6.10 Å². The van der Waals surface area contributed by atoms with Crippen LogP contribution in [0.3, 0.4) is 0 Å². The van der Waals surface area contributed by atoms with E-state index in [0.717, 1.165) is 6.08 Å². The van der Waals surface area contributed by atoms with Gasteiger partial charge in [0.1, 0.15) is 5.75 Å². The minimum Gasteiger partial charge on any atom is -1.00 e. The zero-order valence-corrected chi connectivity index (χ0v) is 11.3. The molecule has 1 unspecified atom stereocenters. The van der Waals surface area contributed by atoms with E-state index in [2.05, 4.69) is 0 Å². The summed E-state index contributed by atoms with van der Waals surface area (Å²) in [5.41, 5.74) is -0.655. The zero-order valence-electron chi connectivity index (χ0n) is 10.6. The lowest BCUT2D eigenvalue weighted by atomic mass is 10.0. The first-order chi connectivity index (χ1) is 8.30. The summed E-state index contributed by atoms with van der Waals surface area (Å²) in [5.74, 6) is -1.84. The van der Waals surface area contributed by atoms with E-state index >= 15 is 0 Å². The van der Waals surface area contributed by atoms with E-state index in [1.165, 1.54) is 18.2 Å². The highest BCUT2D eigenvalue weighted by atomic mass is 35.5. The molecule has 12 heteroatoms. The highest BCUT2D eigenvalue weighted by Gasteiger charge is 2.48. The van der Waals surface area contributed by atoms with E-state index in [1.807, 2.05) is 0 Å². The van der Waals surface area contributed by atoms with Gasteiger partial charge in [-0.1, -0.05) is 23.7 Å². The van der Waals surface area contributed by atoms with Gasteiger partial charge in [-0.2, -0.15) is 13.2 Å². The van der Waals surface area contributed by atoms with Crippen molar-refractivity contribution in [2.24, 2.45) is 0 Å². The summed E-state index contributed by atoms with van der Waals surface area (Å²) in [6, 6.07) is 4.29. The molecule has 1 aromatic carbocycles. The van der Waals surface area contributed by atoms with Gasteiger partial charge in [-0.25, -0.2) is 4.79 Å². The van der Waals surface area contributed by atoms with Crippen LogP contribution in [0.4, 0.5) is 13.2 Å². The number of aliphatic carboxylic acids is 1. The van der Waals surface area contributed by atoms with Crippen LogP contribution in [0.15, 0.2) is 23.8 Å². The molecule has 0 radical (unpaired) electrons. The molecule has 0 saturated heterocycles. The Balaban J connectivity index is -0.000000361. The first-order valence-electron chi connectivity index (χ1n) is 4.77. The van der Waals surface area contributed by atoms with Crippen LogP contribution < -0.4 is 28.3 Å². The van der Waals surface area contributed by atoms with Crippen molar-refractivity contribution in [2.45, 2.75) is 12.3 Å². The zero-order chi connectivity index (χ0) is 13.5. The molecular formula is C11H6ClF8O3-5. The van der Waals surface area contributed by atoms with Crippen LogP contribution in [0.2, 0.25) is 5.02 Å². The van der Waals surface area contributed by atoms with Gasteiger partial charge in [0.15, 0.2) is 0 Å². The fourth-order valence-corrected chi connectivity index (χ4v) is 1.83. The lowest BCUT2D eigenvalue weighted by Gasteiger charge is -2.27. The second-order valence-electron chi connectivity index (χ2n) is 3.60. The normalized spacial score (nSPS) is 14.6. The quantitative estimate of drug-likeness (QED) is 0.498. The minimum absolute atomic E-state index is 0. The van der Waals surface area contributed by atoms with Gasteiger partial charge >= 0.3 is 12.1 Å². The third kappa shape index (κ3) is 5.58. The number of carboxylic acid groups (broad SMARTS) is 1. The van der Waals surface area contributed by atoms with Gasteiger partial charge in [-0.3, -0.25) is 0 Å². The number of hydrogen-bond acceptors (Lipinski definition) is 2. The van der Waals surface area contributed by atoms with E-state index in [-0.39, 0.29) is 39.9 Å². The predicted molar refractivity (Wildman–Crippen MR) is 57.5 cm³/mol. The fourth-order valence-electron chi connectivity index (χ4n) is 1.61. The maximum Gasteiger partial charge on any atom is 0.430 e. The maximum absolute atomic E-state index is 12.7. The average molecular weight is 374 g/mol. The first-order valence-corrected chi connectivity index (χ1v) is 5.15. The number of carboxylic acids is 1. The lowest BCUT2D eigenvalue weighted by molar-refractivity contribution is -0.187. The topological polar surface area (TPSA) is 46.5 Å². The number of fused-ring (bicyclic) bond motifs is 1. The SMILES string of the molecule is O=C(O)C1=Cc2cccc(Cl)c2OC1C(F)(F)F.[F-].[F-].[F-].[F-].[F-]. The summed E-state index contributed by atoms with van der Waals surface area (Å²) < 4.78 is 42.8. The van der Waals surface area contributed by atoms with E-state index in [1.54, 1.807) is 0 Å². The number of para-hydroxylation sites is 1. The monoisotopic (exact) mass is 373 g/mol. The third-order valence-corrected chi connectivity index (χ3v) is 2.67. The summed E-state index contributed by atoms with van der Waals surface area (Å²) in [5, 5.41) is 8.79. The van der Waals surface area contributed by atoms with Crippen LogP contribution in [-0.4, -0.2) is 23.4 Å².